The third kappa shape index (κ3) is 3.69. The van der Waals surface area contributed by atoms with E-state index < -0.39 is 0 Å². The van der Waals surface area contributed by atoms with E-state index in [0.717, 1.165) is 26.1 Å². The molecule has 0 aliphatic carbocycles. The third-order valence-electron chi connectivity index (χ3n) is 2.71. The lowest BCUT2D eigenvalue weighted by molar-refractivity contribution is 0.142. The summed E-state index contributed by atoms with van der Waals surface area (Å²) >= 11 is 0. The minimum Gasteiger partial charge on any atom is -0.381 e. The molecule has 0 aromatic rings. The highest BCUT2D eigenvalue weighted by Crippen LogP contribution is 2.11. The number of hydrogen-bond acceptors (Lipinski definition) is 2. The molecule has 2 atom stereocenters. The smallest absolute Gasteiger partial charge is 0.0712 e. The van der Waals surface area contributed by atoms with E-state index in [-0.39, 0.29) is 6.04 Å². The molecule has 0 spiro atoms. The molecular formula is C12H21NO. The molecule has 1 N–H and O–H groups in total. The van der Waals surface area contributed by atoms with Crippen LogP contribution in [0.3, 0.4) is 0 Å². The van der Waals surface area contributed by atoms with Crippen LogP contribution < -0.4 is 5.32 Å². The summed E-state index contributed by atoms with van der Waals surface area (Å²) in [4.78, 5) is 0. The van der Waals surface area contributed by atoms with Crippen LogP contribution in [0.4, 0.5) is 0 Å². The van der Waals surface area contributed by atoms with Crippen molar-refractivity contribution in [1.29, 1.82) is 0 Å². The average Bonchev–Trinajstić information content (AvgIpc) is 2.41. The van der Waals surface area contributed by atoms with Gasteiger partial charge in [-0.05, 0) is 25.2 Å². The molecule has 1 heterocycles. The summed E-state index contributed by atoms with van der Waals surface area (Å²) in [6, 6.07) is 0.749. The molecule has 1 fully saturated rings. The van der Waals surface area contributed by atoms with Crippen LogP contribution >= 0.6 is 0 Å². The topological polar surface area (TPSA) is 21.3 Å². The molecule has 0 saturated carbocycles. The zero-order valence-corrected chi connectivity index (χ0v) is 9.25. The van der Waals surface area contributed by atoms with E-state index in [1.54, 1.807) is 0 Å². The maximum atomic E-state index is 5.49. The zero-order chi connectivity index (χ0) is 10.4. The first kappa shape index (κ1) is 11.6. The molecule has 14 heavy (non-hydrogen) atoms. The van der Waals surface area contributed by atoms with Gasteiger partial charge in [-0.15, -0.1) is 6.42 Å². The Kier molecular flexibility index (Phi) is 5.00. The highest BCUT2D eigenvalue weighted by atomic mass is 16.5. The maximum Gasteiger partial charge on any atom is 0.0712 e. The Morgan fingerprint density at radius 3 is 2.79 bits per heavy atom. The molecule has 0 bridgehead atoms. The van der Waals surface area contributed by atoms with Crippen molar-refractivity contribution in [2.75, 3.05) is 13.2 Å². The van der Waals surface area contributed by atoms with Gasteiger partial charge in [0.25, 0.3) is 0 Å². The van der Waals surface area contributed by atoms with Crippen molar-refractivity contribution in [3.8, 4) is 12.3 Å². The van der Waals surface area contributed by atoms with Gasteiger partial charge in [0.15, 0.2) is 0 Å². The average molecular weight is 195 g/mol. The first-order valence-corrected chi connectivity index (χ1v) is 5.54. The monoisotopic (exact) mass is 195 g/mol. The van der Waals surface area contributed by atoms with Crippen LogP contribution in [0, 0.1) is 18.3 Å². The van der Waals surface area contributed by atoms with Gasteiger partial charge in [0.1, 0.15) is 0 Å². The lowest BCUT2D eigenvalue weighted by Crippen LogP contribution is -2.40. The molecule has 1 aliphatic rings. The van der Waals surface area contributed by atoms with Gasteiger partial charge < -0.3 is 10.1 Å². The molecule has 0 aromatic heterocycles. The molecular weight excluding hydrogens is 174 g/mol. The van der Waals surface area contributed by atoms with E-state index in [4.69, 9.17) is 11.2 Å². The molecule has 2 unspecified atom stereocenters. The number of nitrogens with one attached hydrogen (secondary N) is 1. The van der Waals surface area contributed by atoms with Gasteiger partial charge in [0, 0.05) is 19.3 Å². The Morgan fingerprint density at radius 1 is 1.36 bits per heavy atom. The Labute approximate surface area is 87.4 Å². The van der Waals surface area contributed by atoms with Gasteiger partial charge in [-0.3, -0.25) is 0 Å². The summed E-state index contributed by atoms with van der Waals surface area (Å²) in [6.07, 6.45) is 8.91. The fourth-order valence-electron chi connectivity index (χ4n) is 1.76. The number of ether oxygens (including phenoxy) is 1. The van der Waals surface area contributed by atoms with Gasteiger partial charge in [-0.1, -0.05) is 19.8 Å². The molecule has 1 saturated heterocycles. The van der Waals surface area contributed by atoms with Gasteiger partial charge in [0.05, 0.1) is 6.04 Å². The summed E-state index contributed by atoms with van der Waals surface area (Å²) in [6.45, 7) is 6.09. The number of terminal acetylenes is 1. The van der Waals surface area contributed by atoms with Crippen LogP contribution in [0.5, 0.6) is 0 Å². The van der Waals surface area contributed by atoms with E-state index in [0.29, 0.717) is 12.0 Å². The number of hydrogen-bond donors (Lipinski definition) is 1. The van der Waals surface area contributed by atoms with Crippen molar-refractivity contribution < 1.29 is 4.74 Å². The number of rotatable bonds is 3. The largest absolute Gasteiger partial charge is 0.381 e. The van der Waals surface area contributed by atoms with E-state index in [9.17, 15) is 0 Å². The predicted octanol–water partition coefficient (Wildman–Crippen LogP) is 1.80. The fraction of sp³-hybridized carbons (Fsp3) is 0.833. The van der Waals surface area contributed by atoms with Crippen molar-refractivity contribution >= 4 is 0 Å². The van der Waals surface area contributed by atoms with Crippen LogP contribution in [0.15, 0.2) is 0 Å². The van der Waals surface area contributed by atoms with Crippen LogP contribution in [0.1, 0.15) is 33.1 Å². The van der Waals surface area contributed by atoms with Gasteiger partial charge >= 0.3 is 0 Å². The van der Waals surface area contributed by atoms with Crippen LogP contribution in [-0.2, 0) is 4.74 Å². The fourth-order valence-corrected chi connectivity index (χ4v) is 1.76. The SMILES string of the molecule is C#CC(NC1CCCOCC1)C(C)C. The summed E-state index contributed by atoms with van der Waals surface area (Å²) in [7, 11) is 0. The quantitative estimate of drug-likeness (QED) is 0.693. The second-order valence-electron chi connectivity index (χ2n) is 4.30. The molecule has 2 heteroatoms. The first-order valence-electron chi connectivity index (χ1n) is 5.54. The van der Waals surface area contributed by atoms with Gasteiger partial charge in [-0.2, -0.15) is 0 Å². The highest BCUT2D eigenvalue weighted by Gasteiger charge is 2.17. The Morgan fingerprint density at radius 2 is 2.14 bits per heavy atom. The second kappa shape index (κ2) is 6.06. The van der Waals surface area contributed by atoms with Crippen LogP contribution in [0.25, 0.3) is 0 Å². The third-order valence-corrected chi connectivity index (χ3v) is 2.71. The molecule has 0 aromatic carbocycles. The summed E-state index contributed by atoms with van der Waals surface area (Å²) in [5.41, 5.74) is 0. The molecule has 2 nitrogen and oxygen atoms in total. The minimum atomic E-state index is 0.207. The summed E-state index contributed by atoms with van der Waals surface area (Å²) in [5, 5.41) is 3.53. The molecule has 1 rings (SSSR count). The van der Waals surface area contributed by atoms with Crippen molar-refractivity contribution in [2.45, 2.75) is 45.2 Å². The summed E-state index contributed by atoms with van der Waals surface area (Å²) in [5.74, 6) is 3.32. The van der Waals surface area contributed by atoms with Crippen molar-refractivity contribution in [3.05, 3.63) is 0 Å². The van der Waals surface area contributed by atoms with Crippen LogP contribution in [-0.4, -0.2) is 25.3 Å². The second-order valence-corrected chi connectivity index (χ2v) is 4.30. The zero-order valence-electron chi connectivity index (χ0n) is 9.25. The summed E-state index contributed by atoms with van der Waals surface area (Å²) < 4.78 is 5.41. The Hall–Kier alpha value is -0.520. The predicted molar refractivity (Wildman–Crippen MR) is 59.1 cm³/mol. The highest BCUT2D eigenvalue weighted by molar-refractivity contribution is 5.01. The minimum absolute atomic E-state index is 0.207. The Bertz CT molecular complexity index is 187. The standard InChI is InChI=1S/C12H21NO/c1-4-12(10(2)3)13-11-6-5-8-14-9-7-11/h1,10-13H,5-9H2,2-3H3. The van der Waals surface area contributed by atoms with Gasteiger partial charge in [-0.25, -0.2) is 0 Å². The van der Waals surface area contributed by atoms with Crippen molar-refractivity contribution in [1.82, 2.24) is 5.32 Å². The van der Waals surface area contributed by atoms with E-state index >= 15 is 0 Å². The van der Waals surface area contributed by atoms with Crippen LogP contribution in [0.2, 0.25) is 0 Å². The van der Waals surface area contributed by atoms with Crippen molar-refractivity contribution in [2.24, 2.45) is 5.92 Å². The van der Waals surface area contributed by atoms with Gasteiger partial charge in [0.2, 0.25) is 0 Å². The van der Waals surface area contributed by atoms with E-state index in [1.807, 2.05) is 0 Å². The maximum absolute atomic E-state index is 5.49. The molecule has 0 radical (unpaired) electrons. The normalized spacial score (nSPS) is 25.4. The van der Waals surface area contributed by atoms with E-state index in [1.165, 1.54) is 6.42 Å². The molecule has 1 aliphatic heterocycles. The lowest BCUT2D eigenvalue weighted by Gasteiger charge is -2.23. The van der Waals surface area contributed by atoms with Crippen molar-refractivity contribution in [3.63, 3.8) is 0 Å². The lowest BCUT2D eigenvalue weighted by atomic mass is 10.0. The van der Waals surface area contributed by atoms with E-state index in [2.05, 4.69) is 25.1 Å². The first-order chi connectivity index (χ1) is 6.74. The Balaban J connectivity index is 2.37. The molecule has 0 amide bonds. The molecule has 80 valence electrons.